The molecule has 10 heteroatoms. The van der Waals surface area contributed by atoms with E-state index in [2.05, 4.69) is 73.0 Å². The lowest BCUT2D eigenvalue weighted by Gasteiger charge is -2.36. The number of hydrogen-bond donors (Lipinski definition) is 3. The number of ketones is 1. The zero-order chi connectivity index (χ0) is 33.8. The van der Waals surface area contributed by atoms with Crippen LogP contribution in [-0.2, 0) is 17.8 Å². The number of fused-ring (bicyclic) bond motifs is 2. The van der Waals surface area contributed by atoms with Gasteiger partial charge in [-0.15, -0.1) is 0 Å². The molecule has 10 nitrogen and oxygen atoms in total. The van der Waals surface area contributed by atoms with Crippen LogP contribution in [-0.4, -0.2) is 74.0 Å². The van der Waals surface area contributed by atoms with Crippen molar-refractivity contribution in [1.82, 2.24) is 34.8 Å². The molecule has 0 bridgehead atoms. The lowest BCUT2D eigenvalue weighted by molar-refractivity contribution is -0.114. The Morgan fingerprint density at radius 3 is 2.75 bits per heavy atom. The third kappa shape index (κ3) is 7.72. The molecule has 1 saturated heterocycles. The van der Waals surface area contributed by atoms with E-state index in [4.69, 9.17) is 15.0 Å². The minimum Gasteiger partial charge on any atom is -0.350 e. The Bertz CT molecular complexity index is 1930. The maximum Gasteiger partial charge on any atom is 0.229 e. The minimum absolute atomic E-state index is 0.0936. The van der Waals surface area contributed by atoms with Gasteiger partial charge in [-0.1, -0.05) is 62.4 Å². The number of carbonyl (C=O) groups is 1. The monoisotopic (exact) mass is 645 g/mol. The zero-order valence-corrected chi connectivity index (χ0v) is 28.9. The Balaban J connectivity index is 1.26. The number of benzene rings is 2. The zero-order valence-electron chi connectivity index (χ0n) is 28.9. The van der Waals surface area contributed by atoms with E-state index in [1.54, 1.807) is 10.6 Å². The molecule has 0 amide bonds. The Kier molecular flexibility index (Phi) is 9.84. The van der Waals surface area contributed by atoms with E-state index in [1.807, 2.05) is 61.7 Å². The first-order chi connectivity index (χ1) is 23.1. The van der Waals surface area contributed by atoms with Crippen LogP contribution in [0.4, 0.5) is 11.9 Å². The van der Waals surface area contributed by atoms with E-state index in [0.717, 1.165) is 70.3 Å². The SMILES string of the molecule is CC(C)c1cnn2c(NCc3ccccc3-c3nccc4cc(CC(=O)/C=C/CN(C)C)ccc34)nc(NC3CCC(C)(C)NC3)nc12. The number of piperidine rings is 1. The number of anilines is 2. The molecular weight excluding hydrogens is 598 g/mol. The van der Waals surface area contributed by atoms with Gasteiger partial charge in [0.15, 0.2) is 11.4 Å². The first-order valence-corrected chi connectivity index (χ1v) is 16.9. The fraction of sp³-hybridized carbons (Fsp3) is 0.395. The number of rotatable bonds is 12. The van der Waals surface area contributed by atoms with Crippen LogP contribution in [0.25, 0.3) is 27.7 Å². The molecule has 3 N–H and O–H groups in total. The number of likely N-dealkylation sites (N-methyl/N-ethyl adjacent to an activating group) is 1. The van der Waals surface area contributed by atoms with Gasteiger partial charge in [0.2, 0.25) is 11.9 Å². The average Bonchev–Trinajstić information content (AvgIpc) is 3.49. The van der Waals surface area contributed by atoms with Crippen molar-refractivity contribution in [2.45, 2.75) is 71.0 Å². The van der Waals surface area contributed by atoms with E-state index in [1.165, 1.54) is 0 Å². The van der Waals surface area contributed by atoms with Gasteiger partial charge in [-0.3, -0.25) is 9.78 Å². The number of nitrogens with one attached hydrogen (secondary N) is 3. The number of hydrogen-bond acceptors (Lipinski definition) is 9. The molecule has 4 heterocycles. The molecule has 1 fully saturated rings. The second-order valence-corrected chi connectivity index (χ2v) is 14.0. The van der Waals surface area contributed by atoms with Crippen molar-refractivity contribution in [1.29, 1.82) is 0 Å². The summed E-state index contributed by atoms with van der Waals surface area (Å²) in [6, 6.07) is 16.8. The molecule has 48 heavy (non-hydrogen) atoms. The predicted molar refractivity (Wildman–Crippen MR) is 195 cm³/mol. The predicted octanol–water partition coefficient (Wildman–Crippen LogP) is 6.25. The highest BCUT2D eigenvalue weighted by molar-refractivity contribution is 5.97. The molecule has 0 aliphatic carbocycles. The van der Waals surface area contributed by atoms with Crippen molar-refractivity contribution in [2.75, 3.05) is 37.8 Å². The molecule has 0 spiro atoms. The second-order valence-electron chi connectivity index (χ2n) is 14.0. The highest BCUT2D eigenvalue weighted by Gasteiger charge is 2.27. The second kappa shape index (κ2) is 14.2. The number of aromatic nitrogens is 5. The maximum atomic E-state index is 12.6. The Hall–Kier alpha value is -4.67. The van der Waals surface area contributed by atoms with Gasteiger partial charge < -0.3 is 20.9 Å². The minimum atomic E-state index is 0.0936. The molecule has 1 aliphatic heterocycles. The van der Waals surface area contributed by atoms with Gasteiger partial charge in [-0.25, -0.2) is 0 Å². The van der Waals surface area contributed by atoms with E-state index in [-0.39, 0.29) is 23.3 Å². The number of allylic oxidation sites excluding steroid dienone is 1. The topological polar surface area (TPSA) is 112 Å². The molecular formula is C38H47N9O. The summed E-state index contributed by atoms with van der Waals surface area (Å²) < 4.78 is 1.81. The van der Waals surface area contributed by atoms with Gasteiger partial charge in [-0.05, 0) is 75.4 Å². The van der Waals surface area contributed by atoms with Crippen molar-refractivity contribution in [3.05, 3.63) is 89.8 Å². The lowest BCUT2D eigenvalue weighted by Crippen LogP contribution is -2.50. The first-order valence-electron chi connectivity index (χ1n) is 16.9. The Morgan fingerprint density at radius 1 is 1.15 bits per heavy atom. The smallest absolute Gasteiger partial charge is 0.229 e. The molecule has 0 radical (unpaired) electrons. The molecule has 2 aromatic carbocycles. The number of nitrogens with zero attached hydrogens (tertiary/aromatic N) is 6. The van der Waals surface area contributed by atoms with Crippen LogP contribution in [0.2, 0.25) is 0 Å². The molecule has 1 aliphatic rings. The van der Waals surface area contributed by atoms with E-state index < -0.39 is 0 Å². The van der Waals surface area contributed by atoms with Crippen LogP contribution >= 0.6 is 0 Å². The van der Waals surface area contributed by atoms with Gasteiger partial charge in [0.25, 0.3) is 0 Å². The third-order valence-electron chi connectivity index (χ3n) is 8.99. The van der Waals surface area contributed by atoms with Crippen LogP contribution in [0.5, 0.6) is 0 Å². The standard InChI is InChI=1S/C38H47N9O/c1-25(2)33-24-42-47-35(33)44-36(43-29-15-17-38(3,4)41-23-29)45-37(47)40-22-28-10-7-8-12-31(28)34-32-14-13-26(20-27(32)16-18-39-34)21-30(48)11-9-19-46(5)6/h7-14,16,18,20,24-25,29,41H,15,17,19,21-23H2,1-6H3,(H2,40,43,44,45)/b11-9+. The van der Waals surface area contributed by atoms with E-state index in [0.29, 0.717) is 24.9 Å². The van der Waals surface area contributed by atoms with E-state index in [9.17, 15) is 4.79 Å². The van der Waals surface area contributed by atoms with Gasteiger partial charge in [-0.2, -0.15) is 19.6 Å². The molecule has 1 atom stereocenters. The molecule has 0 saturated carbocycles. The van der Waals surface area contributed by atoms with Crippen molar-refractivity contribution in [3.63, 3.8) is 0 Å². The lowest BCUT2D eigenvalue weighted by atomic mass is 9.91. The van der Waals surface area contributed by atoms with Gasteiger partial charge in [0, 0.05) is 60.3 Å². The third-order valence-corrected chi connectivity index (χ3v) is 8.99. The van der Waals surface area contributed by atoms with Gasteiger partial charge in [0.05, 0.1) is 11.9 Å². The van der Waals surface area contributed by atoms with Gasteiger partial charge in [0.1, 0.15) is 0 Å². The number of carbonyl (C=O) groups excluding carboxylic acids is 1. The van der Waals surface area contributed by atoms with Crippen molar-refractivity contribution >= 4 is 34.1 Å². The van der Waals surface area contributed by atoms with E-state index >= 15 is 0 Å². The number of pyridine rings is 1. The fourth-order valence-electron chi connectivity index (χ4n) is 6.20. The summed E-state index contributed by atoms with van der Waals surface area (Å²) in [5.74, 6) is 1.60. The molecule has 250 valence electrons. The van der Waals surface area contributed by atoms with Crippen LogP contribution in [0, 0.1) is 0 Å². The van der Waals surface area contributed by atoms with Crippen LogP contribution in [0.15, 0.2) is 73.1 Å². The molecule has 1 unspecified atom stereocenters. The van der Waals surface area contributed by atoms with Crippen molar-refractivity contribution in [2.24, 2.45) is 0 Å². The highest BCUT2D eigenvalue weighted by Crippen LogP contribution is 2.31. The maximum absolute atomic E-state index is 12.6. The average molecular weight is 646 g/mol. The van der Waals surface area contributed by atoms with Crippen LogP contribution in [0.1, 0.15) is 63.1 Å². The first kappa shape index (κ1) is 33.2. The molecule has 5 aromatic rings. The molecule has 6 rings (SSSR count). The highest BCUT2D eigenvalue weighted by atomic mass is 16.1. The summed E-state index contributed by atoms with van der Waals surface area (Å²) in [5, 5.41) is 17.6. The Labute approximate surface area is 283 Å². The molecule has 3 aromatic heterocycles. The van der Waals surface area contributed by atoms with Crippen molar-refractivity contribution < 1.29 is 4.79 Å². The fourth-order valence-corrected chi connectivity index (χ4v) is 6.20. The van der Waals surface area contributed by atoms with Gasteiger partial charge >= 0.3 is 0 Å². The Morgan fingerprint density at radius 2 is 1.98 bits per heavy atom. The summed E-state index contributed by atoms with van der Waals surface area (Å²) in [4.78, 5) is 29.3. The summed E-state index contributed by atoms with van der Waals surface area (Å²) in [7, 11) is 3.97. The summed E-state index contributed by atoms with van der Waals surface area (Å²) in [5.41, 5.74) is 6.03. The quantitative estimate of drug-likeness (QED) is 0.136. The summed E-state index contributed by atoms with van der Waals surface area (Å²) in [6.45, 7) is 10.9. The largest absolute Gasteiger partial charge is 0.350 e. The summed E-state index contributed by atoms with van der Waals surface area (Å²) >= 11 is 0. The normalized spacial score (nSPS) is 16.4. The van der Waals surface area contributed by atoms with Crippen LogP contribution in [0.3, 0.4) is 0 Å². The van der Waals surface area contributed by atoms with Crippen LogP contribution < -0.4 is 16.0 Å². The summed E-state index contributed by atoms with van der Waals surface area (Å²) in [6.07, 6.45) is 9.81. The van der Waals surface area contributed by atoms with Crippen molar-refractivity contribution in [3.8, 4) is 11.3 Å².